The molecule has 2 saturated heterocycles. The molecule has 1 N–H and O–H groups in total. The number of rotatable bonds is 4. The number of amides is 2. The number of nitrogens with zero attached hydrogens (tertiary/aromatic N) is 2. The molecule has 1 spiro atoms. The number of benzene rings is 1. The van der Waals surface area contributed by atoms with Crippen molar-refractivity contribution in [3.05, 3.63) is 35.4 Å². The smallest absolute Gasteiger partial charge is 0.410 e. The first kappa shape index (κ1) is 17.5. The maximum absolute atomic E-state index is 12.5. The Morgan fingerprint density at radius 3 is 2.40 bits per heavy atom. The van der Waals surface area contributed by atoms with Crippen LogP contribution in [-0.4, -0.2) is 59.3 Å². The molecule has 6 nitrogen and oxygen atoms in total. The minimum Gasteiger partial charge on any atom is -0.441 e. The lowest BCUT2D eigenvalue weighted by atomic mass is 9.91. The molecule has 0 aliphatic carbocycles. The van der Waals surface area contributed by atoms with Crippen LogP contribution in [0.1, 0.15) is 37.8 Å². The van der Waals surface area contributed by atoms with Crippen molar-refractivity contribution in [2.24, 2.45) is 0 Å². The fraction of sp³-hybridized carbons (Fsp3) is 0.526. The molecular weight excluding hydrogens is 318 g/mol. The third kappa shape index (κ3) is 3.67. The highest BCUT2D eigenvalue weighted by molar-refractivity contribution is 5.96. The maximum atomic E-state index is 12.5. The largest absolute Gasteiger partial charge is 0.441 e. The Morgan fingerprint density at radius 2 is 1.88 bits per heavy atom. The van der Waals surface area contributed by atoms with Gasteiger partial charge in [0.05, 0.1) is 13.0 Å². The van der Waals surface area contributed by atoms with Crippen molar-refractivity contribution in [3.63, 3.8) is 0 Å². The number of piperidine rings is 1. The second-order valence-electron chi connectivity index (χ2n) is 6.94. The quantitative estimate of drug-likeness (QED) is 0.854. The first-order chi connectivity index (χ1) is 11.9. The number of carbonyl (C=O) groups excluding carboxylic acids is 2. The van der Waals surface area contributed by atoms with Gasteiger partial charge in [-0.3, -0.25) is 4.79 Å². The number of nitrogens with one attached hydrogen (secondary N) is 1. The minimum absolute atomic E-state index is 0.103. The van der Waals surface area contributed by atoms with E-state index in [0.29, 0.717) is 51.2 Å². The van der Waals surface area contributed by atoms with Crippen molar-refractivity contribution in [2.45, 2.75) is 38.7 Å². The molecule has 0 radical (unpaired) electrons. The molecule has 2 aliphatic rings. The average molecular weight is 343 g/mol. The number of likely N-dealkylation sites (tertiary alicyclic amines) is 1. The van der Waals surface area contributed by atoms with Crippen LogP contribution >= 0.6 is 0 Å². The second kappa shape index (κ2) is 6.86. The molecule has 6 heteroatoms. The molecule has 2 amide bonds. The van der Waals surface area contributed by atoms with Gasteiger partial charge in [0.1, 0.15) is 5.60 Å². The Labute approximate surface area is 148 Å². The maximum Gasteiger partial charge on any atom is 0.410 e. The summed E-state index contributed by atoms with van der Waals surface area (Å²) < 4.78 is 5.60. The fourth-order valence-electron chi connectivity index (χ4n) is 3.52. The third-order valence-electron chi connectivity index (χ3n) is 5.19. The zero-order valence-corrected chi connectivity index (χ0v) is 14.9. The van der Waals surface area contributed by atoms with Gasteiger partial charge in [-0.15, -0.1) is 0 Å². The summed E-state index contributed by atoms with van der Waals surface area (Å²) in [5, 5.41) is 7.61. The molecule has 0 unspecified atom stereocenters. The molecule has 134 valence electrons. The molecule has 2 aliphatic heterocycles. The SMILES string of the molecule is CCN1CC2(CCN(C(=O)Cc3ccc(C(C)=N)cc3)CC2)OC1=O. The van der Waals surface area contributed by atoms with Gasteiger partial charge < -0.3 is 19.9 Å². The molecule has 1 aromatic carbocycles. The lowest BCUT2D eigenvalue weighted by Gasteiger charge is -2.37. The van der Waals surface area contributed by atoms with Crippen molar-refractivity contribution in [1.29, 1.82) is 5.41 Å². The van der Waals surface area contributed by atoms with E-state index in [1.807, 2.05) is 36.1 Å². The van der Waals surface area contributed by atoms with Crippen LogP contribution < -0.4 is 0 Å². The van der Waals surface area contributed by atoms with E-state index in [1.165, 1.54) is 0 Å². The monoisotopic (exact) mass is 343 g/mol. The topological polar surface area (TPSA) is 73.7 Å². The van der Waals surface area contributed by atoms with Gasteiger partial charge in [0.15, 0.2) is 0 Å². The summed E-state index contributed by atoms with van der Waals surface area (Å²) in [5.41, 5.74) is 1.94. The Balaban J connectivity index is 1.55. The Kier molecular flexibility index (Phi) is 4.79. The Morgan fingerprint density at radius 1 is 1.24 bits per heavy atom. The zero-order chi connectivity index (χ0) is 18.0. The second-order valence-corrected chi connectivity index (χ2v) is 6.94. The normalized spacial score (nSPS) is 19.2. The summed E-state index contributed by atoms with van der Waals surface area (Å²) >= 11 is 0. The van der Waals surface area contributed by atoms with Crippen molar-refractivity contribution >= 4 is 17.7 Å². The number of carbonyl (C=O) groups is 2. The molecular formula is C19H25N3O3. The van der Waals surface area contributed by atoms with E-state index >= 15 is 0 Å². The summed E-state index contributed by atoms with van der Waals surface area (Å²) in [6, 6.07) is 7.59. The van der Waals surface area contributed by atoms with Gasteiger partial charge in [-0.05, 0) is 25.0 Å². The molecule has 1 aromatic rings. The highest BCUT2D eigenvalue weighted by Crippen LogP contribution is 2.33. The lowest BCUT2D eigenvalue weighted by molar-refractivity contribution is -0.133. The number of hydrogen-bond donors (Lipinski definition) is 1. The van der Waals surface area contributed by atoms with E-state index < -0.39 is 5.60 Å². The van der Waals surface area contributed by atoms with E-state index in [1.54, 1.807) is 11.8 Å². The Hall–Kier alpha value is -2.37. The molecule has 0 bridgehead atoms. The van der Waals surface area contributed by atoms with Gasteiger partial charge in [0, 0.05) is 38.2 Å². The predicted octanol–water partition coefficient (Wildman–Crippen LogP) is 2.45. The van der Waals surface area contributed by atoms with Gasteiger partial charge in [-0.1, -0.05) is 24.3 Å². The van der Waals surface area contributed by atoms with Crippen molar-refractivity contribution < 1.29 is 14.3 Å². The highest BCUT2D eigenvalue weighted by atomic mass is 16.6. The van der Waals surface area contributed by atoms with Crippen LogP contribution in [-0.2, 0) is 16.0 Å². The van der Waals surface area contributed by atoms with E-state index in [4.69, 9.17) is 10.1 Å². The summed E-state index contributed by atoms with van der Waals surface area (Å²) in [5.74, 6) is 0.103. The molecule has 2 fully saturated rings. The lowest BCUT2D eigenvalue weighted by Crippen LogP contribution is -2.49. The third-order valence-corrected chi connectivity index (χ3v) is 5.19. The van der Waals surface area contributed by atoms with E-state index in [0.717, 1.165) is 11.1 Å². The van der Waals surface area contributed by atoms with Crippen molar-refractivity contribution in [2.75, 3.05) is 26.2 Å². The molecule has 0 aromatic heterocycles. The average Bonchev–Trinajstić information content (AvgIpc) is 2.91. The summed E-state index contributed by atoms with van der Waals surface area (Å²) in [4.78, 5) is 27.9. The molecule has 0 atom stereocenters. The van der Waals surface area contributed by atoms with Crippen LogP contribution in [0.25, 0.3) is 0 Å². The van der Waals surface area contributed by atoms with Gasteiger partial charge >= 0.3 is 6.09 Å². The van der Waals surface area contributed by atoms with Crippen LogP contribution in [0.2, 0.25) is 0 Å². The number of likely N-dealkylation sites (N-methyl/N-ethyl adjacent to an activating group) is 1. The molecule has 0 saturated carbocycles. The molecule has 3 rings (SSSR count). The fourth-order valence-corrected chi connectivity index (χ4v) is 3.52. The van der Waals surface area contributed by atoms with Crippen LogP contribution in [0.5, 0.6) is 0 Å². The van der Waals surface area contributed by atoms with Crippen molar-refractivity contribution in [1.82, 2.24) is 9.80 Å². The number of hydrogen-bond acceptors (Lipinski definition) is 4. The van der Waals surface area contributed by atoms with Crippen LogP contribution in [0.15, 0.2) is 24.3 Å². The predicted molar refractivity (Wildman–Crippen MR) is 94.9 cm³/mol. The minimum atomic E-state index is -0.410. The van der Waals surface area contributed by atoms with Crippen LogP contribution in [0.3, 0.4) is 0 Å². The van der Waals surface area contributed by atoms with Crippen LogP contribution in [0.4, 0.5) is 4.79 Å². The molecule has 2 heterocycles. The first-order valence-corrected chi connectivity index (χ1v) is 8.82. The summed E-state index contributed by atoms with van der Waals surface area (Å²) in [7, 11) is 0. The van der Waals surface area contributed by atoms with E-state index in [2.05, 4.69) is 0 Å². The highest BCUT2D eigenvalue weighted by Gasteiger charge is 2.46. The van der Waals surface area contributed by atoms with Gasteiger partial charge in [0.2, 0.25) is 5.91 Å². The standard InChI is InChI=1S/C19H25N3O3/c1-3-21-13-19(25-18(21)24)8-10-22(11-9-19)17(23)12-15-4-6-16(7-5-15)14(2)20/h4-7,20H,3,8-13H2,1-2H3. The number of ether oxygens (including phenoxy) is 1. The van der Waals surface area contributed by atoms with Crippen molar-refractivity contribution in [3.8, 4) is 0 Å². The van der Waals surface area contributed by atoms with Gasteiger partial charge in [-0.25, -0.2) is 4.79 Å². The summed E-state index contributed by atoms with van der Waals surface area (Å²) in [6.07, 6.45) is 1.54. The van der Waals surface area contributed by atoms with Crippen LogP contribution in [0, 0.1) is 5.41 Å². The van der Waals surface area contributed by atoms with Gasteiger partial charge in [-0.2, -0.15) is 0 Å². The van der Waals surface area contributed by atoms with E-state index in [-0.39, 0.29) is 12.0 Å². The Bertz CT molecular complexity index is 676. The summed E-state index contributed by atoms with van der Waals surface area (Å²) in [6.45, 7) is 6.25. The molecule has 25 heavy (non-hydrogen) atoms. The first-order valence-electron chi connectivity index (χ1n) is 8.82. The zero-order valence-electron chi connectivity index (χ0n) is 14.9. The van der Waals surface area contributed by atoms with Gasteiger partial charge in [0.25, 0.3) is 0 Å². The van der Waals surface area contributed by atoms with E-state index in [9.17, 15) is 9.59 Å².